The summed E-state index contributed by atoms with van der Waals surface area (Å²) in [6, 6.07) is 3.87. The Kier molecular flexibility index (Phi) is 3.98. The second-order valence-electron chi connectivity index (χ2n) is 3.87. The van der Waals surface area contributed by atoms with Crippen molar-refractivity contribution in [2.45, 2.75) is 19.4 Å². The first kappa shape index (κ1) is 11.9. The predicted octanol–water partition coefficient (Wildman–Crippen LogP) is 1.74. The molecule has 17 heavy (non-hydrogen) atoms. The van der Waals surface area contributed by atoms with Gasteiger partial charge in [-0.2, -0.15) is 0 Å². The molecule has 2 rings (SSSR count). The van der Waals surface area contributed by atoms with E-state index in [0.29, 0.717) is 32.7 Å². The van der Waals surface area contributed by atoms with Crippen LogP contribution in [0, 0.1) is 0 Å². The van der Waals surface area contributed by atoms with Crippen LogP contribution in [0.15, 0.2) is 12.1 Å². The van der Waals surface area contributed by atoms with E-state index in [4.69, 9.17) is 14.2 Å². The molecule has 1 aliphatic rings. The van der Waals surface area contributed by atoms with Crippen LogP contribution in [0.3, 0.4) is 0 Å². The molecule has 0 N–H and O–H groups in total. The Morgan fingerprint density at radius 3 is 2.94 bits per heavy atom. The molecule has 0 fully saturated rings. The van der Waals surface area contributed by atoms with E-state index in [0.717, 1.165) is 28.9 Å². The average molecular weight is 236 g/mol. The lowest BCUT2D eigenvalue weighted by Crippen LogP contribution is -2.17. The van der Waals surface area contributed by atoms with Gasteiger partial charge >= 0.3 is 0 Å². The second kappa shape index (κ2) is 5.68. The number of hydrogen-bond donors (Lipinski definition) is 0. The number of aldehydes is 1. The van der Waals surface area contributed by atoms with Crippen molar-refractivity contribution in [2.24, 2.45) is 0 Å². The fraction of sp³-hybridized carbons (Fsp3) is 0.462. The van der Waals surface area contributed by atoms with Gasteiger partial charge in [-0.15, -0.1) is 0 Å². The highest BCUT2D eigenvalue weighted by Crippen LogP contribution is 2.36. The summed E-state index contributed by atoms with van der Waals surface area (Å²) in [6.45, 7) is 1.61. The van der Waals surface area contributed by atoms with Crippen molar-refractivity contribution in [1.29, 1.82) is 0 Å². The standard InChI is InChI=1S/C13H16O4/c1-15-9-11-10(3-2-6-14)4-5-12-13(11)17-8-7-16-12/h4-6H,2-3,7-9H2,1H3. The van der Waals surface area contributed by atoms with Crippen molar-refractivity contribution in [3.63, 3.8) is 0 Å². The third-order valence-corrected chi connectivity index (χ3v) is 2.73. The number of fused-ring (bicyclic) bond motifs is 1. The molecule has 4 heteroatoms. The van der Waals surface area contributed by atoms with Crippen molar-refractivity contribution in [3.8, 4) is 11.5 Å². The largest absolute Gasteiger partial charge is 0.486 e. The minimum atomic E-state index is 0.473. The van der Waals surface area contributed by atoms with E-state index in [1.807, 2.05) is 12.1 Å². The minimum absolute atomic E-state index is 0.473. The summed E-state index contributed by atoms with van der Waals surface area (Å²) >= 11 is 0. The van der Waals surface area contributed by atoms with Crippen LogP contribution in [-0.2, 0) is 22.6 Å². The van der Waals surface area contributed by atoms with E-state index in [1.165, 1.54) is 0 Å². The summed E-state index contributed by atoms with van der Waals surface area (Å²) in [4.78, 5) is 10.4. The molecule has 0 spiro atoms. The van der Waals surface area contributed by atoms with Crippen LogP contribution < -0.4 is 9.47 Å². The third kappa shape index (κ3) is 2.58. The summed E-state index contributed by atoms with van der Waals surface area (Å²) in [5.74, 6) is 1.53. The van der Waals surface area contributed by atoms with Gasteiger partial charge in [-0.05, 0) is 18.1 Å². The first-order valence-electron chi connectivity index (χ1n) is 5.69. The number of rotatable bonds is 5. The van der Waals surface area contributed by atoms with Gasteiger partial charge < -0.3 is 19.0 Å². The van der Waals surface area contributed by atoms with E-state index >= 15 is 0 Å². The Morgan fingerprint density at radius 2 is 2.18 bits per heavy atom. The van der Waals surface area contributed by atoms with Crippen molar-refractivity contribution in [1.82, 2.24) is 0 Å². The lowest BCUT2D eigenvalue weighted by molar-refractivity contribution is -0.107. The molecule has 0 saturated carbocycles. The van der Waals surface area contributed by atoms with Gasteiger partial charge in [-0.1, -0.05) is 6.07 Å². The SMILES string of the molecule is COCc1c(CCC=O)ccc2c1OCCO2. The minimum Gasteiger partial charge on any atom is -0.486 e. The van der Waals surface area contributed by atoms with Crippen LogP contribution in [0.5, 0.6) is 11.5 Å². The van der Waals surface area contributed by atoms with Gasteiger partial charge in [0.25, 0.3) is 0 Å². The molecule has 0 radical (unpaired) electrons. The Labute approximate surface area is 100 Å². The maximum absolute atomic E-state index is 10.4. The van der Waals surface area contributed by atoms with Crippen LogP contribution in [0.1, 0.15) is 17.5 Å². The molecular formula is C13H16O4. The highest BCUT2D eigenvalue weighted by atomic mass is 16.6. The van der Waals surface area contributed by atoms with Crippen molar-refractivity contribution in [3.05, 3.63) is 23.3 Å². The number of methoxy groups -OCH3 is 1. The number of benzene rings is 1. The van der Waals surface area contributed by atoms with Crippen molar-refractivity contribution >= 4 is 6.29 Å². The van der Waals surface area contributed by atoms with Crippen LogP contribution in [0.4, 0.5) is 0 Å². The maximum atomic E-state index is 10.4. The summed E-state index contributed by atoms with van der Waals surface area (Å²) in [5, 5.41) is 0. The topological polar surface area (TPSA) is 44.8 Å². The van der Waals surface area contributed by atoms with E-state index in [-0.39, 0.29) is 0 Å². The second-order valence-corrected chi connectivity index (χ2v) is 3.87. The van der Waals surface area contributed by atoms with Crippen LogP contribution >= 0.6 is 0 Å². The molecule has 1 heterocycles. The van der Waals surface area contributed by atoms with E-state index in [1.54, 1.807) is 7.11 Å². The average Bonchev–Trinajstić information content (AvgIpc) is 2.38. The first-order valence-corrected chi connectivity index (χ1v) is 5.69. The summed E-state index contributed by atoms with van der Waals surface area (Å²) in [6.07, 6.45) is 2.14. The lowest BCUT2D eigenvalue weighted by Gasteiger charge is -2.22. The number of hydrogen-bond acceptors (Lipinski definition) is 4. The van der Waals surface area contributed by atoms with Crippen molar-refractivity contribution < 1.29 is 19.0 Å². The van der Waals surface area contributed by atoms with Crippen molar-refractivity contribution in [2.75, 3.05) is 20.3 Å². The van der Waals surface area contributed by atoms with Gasteiger partial charge in [0, 0.05) is 19.1 Å². The molecular weight excluding hydrogens is 220 g/mol. The highest BCUT2D eigenvalue weighted by molar-refractivity contribution is 5.54. The molecule has 0 aromatic heterocycles. The van der Waals surface area contributed by atoms with E-state index < -0.39 is 0 Å². The summed E-state index contributed by atoms with van der Waals surface area (Å²) in [7, 11) is 1.65. The zero-order valence-electron chi connectivity index (χ0n) is 9.90. The molecule has 1 aromatic rings. The van der Waals surface area contributed by atoms with Crippen LogP contribution in [0.25, 0.3) is 0 Å². The molecule has 0 aliphatic carbocycles. The molecule has 92 valence electrons. The molecule has 0 bridgehead atoms. The van der Waals surface area contributed by atoms with Gasteiger partial charge in [0.15, 0.2) is 11.5 Å². The molecule has 4 nitrogen and oxygen atoms in total. The van der Waals surface area contributed by atoms with Gasteiger partial charge in [0.05, 0.1) is 6.61 Å². The Bertz CT molecular complexity index is 401. The normalized spacial score (nSPS) is 13.5. The molecule has 1 aromatic carbocycles. The fourth-order valence-corrected chi connectivity index (χ4v) is 1.97. The smallest absolute Gasteiger partial charge is 0.167 e. The third-order valence-electron chi connectivity index (χ3n) is 2.73. The Morgan fingerprint density at radius 1 is 1.35 bits per heavy atom. The predicted molar refractivity (Wildman–Crippen MR) is 62.5 cm³/mol. The molecule has 0 atom stereocenters. The number of carbonyl (C=O) groups excluding carboxylic acids is 1. The van der Waals surface area contributed by atoms with E-state index in [9.17, 15) is 4.79 Å². The summed E-state index contributed by atoms with van der Waals surface area (Å²) in [5.41, 5.74) is 2.08. The van der Waals surface area contributed by atoms with Gasteiger partial charge in [0.1, 0.15) is 19.5 Å². The highest BCUT2D eigenvalue weighted by Gasteiger charge is 2.18. The fourth-order valence-electron chi connectivity index (χ4n) is 1.97. The van der Waals surface area contributed by atoms with Crippen LogP contribution in [0.2, 0.25) is 0 Å². The van der Waals surface area contributed by atoms with Crippen LogP contribution in [-0.4, -0.2) is 26.6 Å². The number of aryl methyl sites for hydroxylation is 1. The Hall–Kier alpha value is -1.55. The quantitative estimate of drug-likeness (QED) is 0.730. The summed E-state index contributed by atoms with van der Waals surface area (Å²) < 4.78 is 16.3. The van der Waals surface area contributed by atoms with Gasteiger partial charge in [0.2, 0.25) is 0 Å². The molecule has 0 amide bonds. The monoisotopic (exact) mass is 236 g/mol. The molecule has 1 aliphatic heterocycles. The van der Waals surface area contributed by atoms with Gasteiger partial charge in [-0.3, -0.25) is 0 Å². The number of ether oxygens (including phenoxy) is 3. The molecule has 0 saturated heterocycles. The lowest BCUT2D eigenvalue weighted by atomic mass is 10.0. The first-order chi connectivity index (χ1) is 8.36. The maximum Gasteiger partial charge on any atom is 0.167 e. The number of carbonyl (C=O) groups is 1. The Balaban J connectivity index is 2.34. The zero-order chi connectivity index (χ0) is 12.1. The van der Waals surface area contributed by atoms with Gasteiger partial charge in [-0.25, -0.2) is 0 Å². The molecule has 0 unspecified atom stereocenters. The zero-order valence-corrected chi connectivity index (χ0v) is 9.90. The van der Waals surface area contributed by atoms with E-state index in [2.05, 4.69) is 0 Å².